The summed E-state index contributed by atoms with van der Waals surface area (Å²) in [5.41, 5.74) is 4.52. The van der Waals surface area contributed by atoms with Crippen LogP contribution in [0.2, 0.25) is 0 Å². The van der Waals surface area contributed by atoms with Gasteiger partial charge in [0.15, 0.2) is 0 Å². The molecule has 1 N–H and O–H groups in total. The number of hydrogen-bond acceptors (Lipinski definition) is 10. The number of ether oxygens (including phenoxy) is 4. The minimum absolute atomic E-state index is 0.273. The summed E-state index contributed by atoms with van der Waals surface area (Å²) in [7, 11) is 2.19. The van der Waals surface area contributed by atoms with Crippen molar-refractivity contribution in [1.29, 1.82) is 0 Å². The first-order valence-electron chi connectivity index (χ1n) is 23.0. The number of nitrogens with one attached hydrogen (secondary N) is 1. The molecular formula is C47H72N6O6. The van der Waals surface area contributed by atoms with Crippen molar-refractivity contribution in [3.63, 3.8) is 0 Å². The molecule has 6 saturated heterocycles. The molecule has 0 saturated carbocycles. The second-order valence-electron chi connectivity index (χ2n) is 17.7. The van der Waals surface area contributed by atoms with Gasteiger partial charge >= 0.3 is 0 Å². The molecular weight excluding hydrogens is 745 g/mol. The van der Waals surface area contributed by atoms with Crippen molar-refractivity contribution in [3.8, 4) is 0 Å². The van der Waals surface area contributed by atoms with Gasteiger partial charge in [-0.1, -0.05) is 0 Å². The highest BCUT2D eigenvalue weighted by molar-refractivity contribution is 5.94. The number of carbonyl (C=O) groups excluding carboxylic acids is 2. The van der Waals surface area contributed by atoms with Crippen molar-refractivity contribution < 1.29 is 28.5 Å². The maximum absolute atomic E-state index is 13.4. The maximum Gasteiger partial charge on any atom is 0.227 e. The molecule has 59 heavy (non-hydrogen) atoms. The van der Waals surface area contributed by atoms with E-state index < -0.39 is 0 Å². The highest BCUT2D eigenvalue weighted by atomic mass is 16.5. The Labute approximate surface area is 353 Å². The summed E-state index contributed by atoms with van der Waals surface area (Å²) < 4.78 is 21.9. The summed E-state index contributed by atoms with van der Waals surface area (Å²) in [5, 5.41) is 3.43. The molecule has 0 spiro atoms. The van der Waals surface area contributed by atoms with E-state index in [1.807, 2.05) is 0 Å². The van der Waals surface area contributed by atoms with E-state index >= 15 is 0 Å². The average Bonchev–Trinajstić information content (AvgIpc) is 3.30. The highest BCUT2D eigenvalue weighted by Gasteiger charge is 2.28. The number of nitrogens with zero attached hydrogens (tertiary/aromatic N) is 5. The van der Waals surface area contributed by atoms with Crippen molar-refractivity contribution in [1.82, 2.24) is 10.2 Å². The number of hydrogen-bond donors (Lipinski definition) is 1. The van der Waals surface area contributed by atoms with Crippen LogP contribution in [0.5, 0.6) is 0 Å². The molecule has 0 unspecified atom stereocenters. The van der Waals surface area contributed by atoms with Crippen molar-refractivity contribution in [3.05, 3.63) is 48.5 Å². The van der Waals surface area contributed by atoms with Crippen LogP contribution in [0, 0.1) is 23.7 Å². The second-order valence-corrected chi connectivity index (χ2v) is 17.7. The van der Waals surface area contributed by atoms with E-state index in [0.717, 1.165) is 168 Å². The SMILES string of the molecule is CN1CCC(CN(C(=O)CC2CCOCC2)c2ccc(N3CCOCC3)cc2)CC1.O=C(CC1CCOCC1)N(CC1CCNCC1)c1ccc(N2CCOCC2)cc1. The number of amides is 2. The lowest BCUT2D eigenvalue weighted by molar-refractivity contribution is -0.121. The fraction of sp³-hybridized carbons (Fsp3) is 0.702. The molecule has 326 valence electrons. The Balaban J connectivity index is 0.000000179. The largest absolute Gasteiger partial charge is 0.381 e. The van der Waals surface area contributed by atoms with Gasteiger partial charge in [-0.05, 0) is 157 Å². The zero-order valence-corrected chi connectivity index (χ0v) is 35.9. The minimum atomic E-state index is 0.273. The molecule has 2 aromatic carbocycles. The monoisotopic (exact) mass is 817 g/mol. The first-order valence-corrected chi connectivity index (χ1v) is 23.0. The molecule has 0 radical (unpaired) electrons. The molecule has 6 aliphatic rings. The Morgan fingerprint density at radius 2 is 0.881 bits per heavy atom. The van der Waals surface area contributed by atoms with E-state index in [2.05, 4.69) is 85.4 Å². The Morgan fingerprint density at radius 3 is 1.29 bits per heavy atom. The lowest BCUT2D eigenvalue weighted by Gasteiger charge is -2.34. The fourth-order valence-electron chi connectivity index (χ4n) is 9.47. The topological polar surface area (TPSA) is 99.3 Å². The maximum atomic E-state index is 13.4. The Bertz CT molecular complexity index is 1530. The molecule has 2 amide bonds. The van der Waals surface area contributed by atoms with Gasteiger partial charge < -0.3 is 48.8 Å². The number of benzene rings is 2. The van der Waals surface area contributed by atoms with E-state index in [-0.39, 0.29) is 11.8 Å². The van der Waals surface area contributed by atoms with Crippen LogP contribution >= 0.6 is 0 Å². The van der Waals surface area contributed by atoms with Gasteiger partial charge in [0, 0.05) is 101 Å². The molecule has 12 nitrogen and oxygen atoms in total. The average molecular weight is 817 g/mol. The van der Waals surface area contributed by atoms with E-state index in [9.17, 15) is 9.59 Å². The quantitative estimate of drug-likeness (QED) is 0.288. The zero-order chi connectivity index (χ0) is 40.7. The van der Waals surface area contributed by atoms with Crippen LogP contribution in [0.1, 0.15) is 64.2 Å². The third-order valence-corrected chi connectivity index (χ3v) is 13.5. The number of piperidine rings is 2. The van der Waals surface area contributed by atoms with E-state index in [1.54, 1.807) is 0 Å². The van der Waals surface area contributed by atoms with Crippen LogP contribution in [0.25, 0.3) is 0 Å². The lowest BCUT2D eigenvalue weighted by Crippen LogP contribution is -2.41. The standard InChI is InChI=1S/C24H37N3O3.C23H35N3O3/c1-25-10-6-21(7-11-25)19-27(24(28)18-20-8-14-29-15-9-20)23-4-2-22(3-5-23)26-12-16-30-17-13-26;27-23(17-19-7-13-28-14-8-19)26(18-20-5-9-24-10-6-20)22-3-1-21(2-4-22)25-11-15-29-16-12-25/h2-5,20-21H,6-19H2,1H3;1-4,19-20,24H,5-18H2. The summed E-state index contributed by atoms with van der Waals surface area (Å²) in [6.07, 6.45) is 9.92. The van der Waals surface area contributed by atoms with Gasteiger partial charge in [-0.25, -0.2) is 0 Å². The van der Waals surface area contributed by atoms with E-state index in [1.165, 1.54) is 24.2 Å². The molecule has 0 atom stereocenters. The Hall–Kier alpha value is -3.26. The zero-order valence-electron chi connectivity index (χ0n) is 35.9. The van der Waals surface area contributed by atoms with E-state index in [4.69, 9.17) is 18.9 Å². The molecule has 0 aromatic heterocycles. The third-order valence-electron chi connectivity index (χ3n) is 13.5. The van der Waals surface area contributed by atoms with Gasteiger partial charge in [-0.2, -0.15) is 0 Å². The summed E-state index contributed by atoms with van der Waals surface area (Å²) in [6, 6.07) is 17.2. The van der Waals surface area contributed by atoms with Gasteiger partial charge in [-0.15, -0.1) is 0 Å². The second kappa shape index (κ2) is 23.1. The molecule has 6 fully saturated rings. The molecule has 0 bridgehead atoms. The van der Waals surface area contributed by atoms with Crippen LogP contribution in [0.3, 0.4) is 0 Å². The number of morpholine rings is 2. The van der Waals surface area contributed by atoms with Crippen molar-refractivity contribution in [2.75, 3.05) is 145 Å². The van der Waals surface area contributed by atoms with Gasteiger partial charge in [0.05, 0.1) is 26.4 Å². The first-order chi connectivity index (χ1) is 29.0. The van der Waals surface area contributed by atoms with E-state index in [0.29, 0.717) is 36.5 Å². The summed E-state index contributed by atoms with van der Waals surface area (Å²) in [5.74, 6) is 2.63. The van der Waals surface area contributed by atoms with Crippen LogP contribution in [0.4, 0.5) is 22.7 Å². The van der Waals surface area contributed by atoms with Crippen LogP contribution in [0.15, 0.2) is 48.5 Å². The predicted octanol–water partition coefficient (Wildman–Crippen LogP) is 5.69. The number of anilines is 4. The van der Waals surface area contributed by atoms with Crippen LogP contribution in [-0.2, 0) is 28.5 Å². The van der Waals surface area contributed by atoms with Crippen molar-refractivity contribution in [2.45, 2.75) is 64.2 Å². The molecule has 6 heterocycles. The molecule has 8 rings (SSSR count). The van der Waals surface area contributed by atoms with Crippen LogP contribution in [-0.4, -0.2) is 142 Å². The molecule has 12 heteroatoms. The number of likely N-dealkylation sites (tertiary alicyclic amines) is 1. The van der Waals surface area contributed by atoms with Gasteiger partial charge in [0.2, 0.25) is 11.8 Å². The smallest absolute Gasteiger partial charge is 0.227 e. The van der Waals surface area contributed by atoms with Crippen molar-refractivity contribution in [2.24, 2.45) is 23.7 Å². The van der Waals surface area contributed by atoms with Gasteiger partial charge in [0.25, 0.3) is 0 Å². The Morgan fingerprint density at radius 1 is 0.508 bits per heavy atom. The lowest BCUT2D eigenvalue weighted by atomic mass is 9.93. The Kier molecular flexibility index (Phi) is 17.1. The fourth-order valence-corrected chi connectivity index (χ4v) is 9.47. The van der Waals surface area contributed by atoms with Crippen LogP contribution < -0.4 is 24.9 Å². The number of carbonyl (C=O) groups is 2. The van der Waals surface area contributed by atoms with Gasteiger partial charge in [0.1, 0.15) is 0 Å². The highest BCUT2D eigenvalue weighted by Crippen LogP contribution is 2.30. The first kappa shape index (κ1) is 43.8. The van der Waals surface area contributed by atoms with Crippen molar-refractivity contribution >= 4 is 34.6 Å². The minimum Gasteiger partial charge on any atom is -0.381 e. The molecule has 6 aliphatic heterocycles. The summed E-state index contributed by atoms with van der Waals surface area (Å²) in [6.45, 7) is 16.1. The summed E-state index contributed by atoms with van der Waals surface area (Å²) >= 11 is 0. The number of rotatable bonds is 12. The molecule has 2 aromatic rings. The van der Waals surface area contributed by atoms with Gasteiger partial charge in [-0.3, -0.25) is 9.59 Å². The summed E-state index contributed by atoms with van der Waals surface area (Å²) in [4.78, 5) is 37.9. The third kappa shape index (κ3) is 13.4. The molecule has 0 aliphatic carbocycles. The normalized spacial score (nSPS) is 22.1. The predicted molar refractivity (Wildman–Crippen MR) is 236 cm³/mol.